The minimum Gasteiger partial charge on any atom is -0.491 e. The zero-order chi connectivity index (χ0) is 23.1. The maximum atomic E-state index is 11.6. The van der Waals surface area contributed by atoms with Crippen molar-refractivity contribution < 1.29 is 18.8 Å². The molecule has 0 saturated carbocycles. The van der Waals surface area contributed by atoms with Crippen LogP contribution >= 0.6 is 0 Å². The first-order valence-electron chi connectivity index (χ1n) is 11.3. The number of nitrogens with zero attached hydrogens (tertiary/aromatic N) is 2. The van der Waals surface area contributed by atoms with E-state index in [1.54, 1.807) is 0 Å². The Balaban J connectivity index is 1.81. The van der Waals surface area contributed by atoms with Crippen molar-refractivity contribution in [1.82, 2.24) is 10.1 Å². The molecule has 6 heteroatoms. The first-order chi connectivity index (χ1) is 15.4. The molecule has 0 N–H and O–H groups in total. The Labute approximate surface area is 189 Å². The van der Waals surface area contributed by atoms with Crippen LogP contribution in [0.25, 0.3) is 22.8 Å². The summed E-state index contributed by atoms with van der Waals surface area (Å²) in [5.41, 5.74) is 5.23. The molecule has 0 bridgehead atoms. The first kappa shape index (κ1) is 23.5. The molecule has 0 saturated heterocycles. The molecule has 0 aliphatic rings. The van der Waals surface area contributed by atoms with Crippen LogP contribution in [-0.4, -0.2) is 28.8 Å². The average molecular weight is 437 g/mol. The van der Waals surface area contributed by atoms with Crippen molar-refractivity contribution in [2.24, 2.45) is 0 Å². The van der Waals surface area contributed by atoms with Gasteiger partial charge >= 0.3 is 5.97 Å². The van der Waals surface area contributed by atoms with E-state index in [0.29, 0.717) is 24.7 Å². The van der Waals surface area contributed by atoms with E-state index in [1.165, 1.54) is 11.1 Å². The molecule has 0 spiro atoms. The van der Waals surface area contributed by atoms with Crippen LogP contribution in [0, 0.1) is 6.92 Å². The van der Waals surface area contributed by atoms with Gasteiger partial charge in [0.1, 0.15) is 5.75 Å². The summed E-state index contributed by atoms with van der Waals surface area (Å²) in [6, 6.07) is 12.0. The lowest BCUT2D eigenvalue weighted by atomic mass is 9.95. The average Bonchev–Trinajstić information content (AvgIpc) is 3.25. The Morgan fingerprint density at radius 1 is 1.16 bits per heavy atom. The molecule has 0 atom stereocenters. The van der Waals surface area contributed by atoms with E-state index >= 15 is 0 Å². The highest BCUT2D eigenvalue weighted by Crippen LogP contribution is 2.30. The second-order valence-electron chi connectivity index (χ2n) is 8.03. The SMILES string of the molecule is CCOC(=O)CCCc1cccc(-c2noc(-c3ccc(OC(C)C)c(C)c3)n2)c1CC. The van der Waals surface area contributed by atoms with E-state index in [9.17, 15) is 4.79 Å². The fraction of sp³-hybridized carbons (Fsp3) is 0.423. The fourth-order valence-electron chi connectivity index (χ4n) is 3.77. The number of benzene rings is 2. The summed E-state index contributed by atoms with van der Waals surface area (Å²) in [7, 11) is 0. The number of hydrogen-bond donors (Lipinski definition) is 0. The van der Waals surface area contributed by atoms with Gasteiger partial charge in [-0.25, -0.2) is 0 Å². The minimum atomic E-state index is -0.149. The van der Waals surface area contributed by atoms with Crippen LogP contribution in [0.4, 0.5) is 0 Å². The Bertz CT molecular complexity index is 1060. The van der Waals surface area contributed by atoms with Gasteiger partial charge < -0.3 is 14.0 Å². The predicted molar refractivity (Wildman–Crippen MR) is 125 cm³/mol. The molecule has 32 heavy (non-hydrogen) atoms. The lowest BCUT2D eigenvalue weighted by Crippen LogP contribution is -2.06. The van der Waals surface area contributed by atoms with Crippen LogP contribution in [0.1, 0.15) is 57.2 Å². The summed E-state index contributed by atoms with van der Waals surface area (Å²) in [5.74, 6) is 1.76. The number of carbonyl (C=O) groups excluding carboxylic acids is 1. The van der Waals surface area contributed by atoms with Crippen molar-refractivity contribution in [3.8, 4) is 28.6 Å². The van der Waals surface area contributed by atoms with E-state index in [4.69, 9.17) is 14.0 Å². The van der Waals surface area contributed by atoms with Crippen LogP contribution in [0.2, 0.25) is 0 Å². The number of esters is 1. The van der Waals surface area contributed by atoms with Gasteiger partial charge in [-0.1, -0.05) is 30.3 Å². The topological polar surface area (TPSA) is 74.5 Å². The van der Waals surface area contributed by atoms with E-state index in [-0.39, 0.29) is 12.1 Å². The molecule has 0 amide bonds. The molecule has 1 aromatic heterocycles. The molecular formula is C26H32N2O4. The minimum absolute atomic E-state index is 0.117. The van der Waals surface area contributed by atoms with Crippen LogP contribution < -0.4 is 4.74 Å². The molecule has 6 nitrogen and oxygen atoms in total. The monoisotopic (exact) mass is 436 g/mol. The summed E-state index contributed by atoms with van der Waals surface area (Å²) in [5, 5.41) is 4.25. The Morgan fingerprint density at radius 3 is 2.66 bits per heavy atom. The maximum Gasteiger partial charge on any atom is 0.305 e. The van der Waals surface area contributed by atoms with Crippen molar-refractivity contribution in [2.75, 3.05) is 6.61 Å². The number of aromatic nitrogens is 2. The van der Waals surface area contributed by atoms with Crippen LogP contribution in [0.3, 0.4) is 0 Å². The Hall–Kier alpha value is -3.15. The standard InChI is InChI=1S/C26H32N2O4/c1-6-21-19(11-9-13-24(29)30-7-2)10-8-12-22(21)25-27-26(32-28-25)20-14-15-23(18(5)16-20)31-17(3)4/h8,10,12,14-17H,6-7,9,11,13H2,1-5H3. The van der Waals surface area contributed by atoms with E-state index < -0.39 is 0 Å². The summed E-state index contributed by atoms with van der Waals surface area (Å²) >= 11 is 0. The molecule has 0 aliphatic carbocycles. The van der Waals surface area contributed by atoms with Crippen LogP contribution in [-0.2, 0) is 22.4 Å². The quantitative estimate of drug-likeness (QED) is 0.366. The summed E-state index contributed by atoms with van der Waals surface area (Å²) in [6.45, 7) is 10.4. The summed E-state index contributed by atoms with van der Waals surface area (Å²) in [4.78, 5) is 16.3. The summed E-state index contributed by atoms with van der Waals surface area (Å²) in [6.07, 6.45) is 2.93. The largest absolute Gasteiger partial charge is 0.491 e. The molecule has 0 radical (unpaired) electrons. The maximum absolute atomic E-state index is 11.6. The smallest absolute Gasteiger partial charge is 0.305 e. The van der Waals surface area contributed by atoms with Gasteiger partial charge in [-0.05, 0) is 81.8 Å². The molecule has 170 valence electrons. The van der Waals surface area contributed by atoms with Crippen LogP contribution in [0.5, 0.6) is 5.75 Å². The fourth-order valence-corrected chi connectivity index (χ4v) is 3.77. The molecular weight excluding hydrogens is 404 g/mol. The van der Waals surface area contributed by atoms with Gasteiger partial charge in [-0.2, -0.15) is 4.98 Å². The van der Waals surface area contributed by atoms with E-state index in [2.05, 4.69) is 23.1 Å². The lowest BCUT2D eigenvalue weighted by Gasteiger charge is -2.12. The second-order valence-corrected chi connectivity index (χ2v) is 8.03. The molecule has 1 heterocycles. The number of ether oxygens (including phenoxy) is 2. The molecule has 0 unspecified atom stereocenters. The van der Waals surface area contributed by atoms with Crippen molar-refractivity contribution in [3.05, 3.63) is 53.1 Å². The first-order valence-corrected chi connectivity index (χ1v) is 11.3. The third-order valence-corrected chi connectivity index (χ3v) is 5.21. The third kappa shape index (κ3) is 5.75. The highest BCUT2D eigenvalue weighted by atomic mass is 16.5. The number of aryl methyl sites for hydroxylation is 2. The van der Waals surface area contributed by atoms with Crippen molar-refractivity contribution in [2.45, 2.75) is 66.4 Å². The van der Waals surface area contributed by atoms with Gasteiger partial charge in [0.2, 0.25) is 5.82 Å². The molecule has 2 aromatic carbocycles. The van der Waals surface area contributed by atoms with Gasteiger partial charge in [0.25, 0.3) is 5.89 Å². The highest BCUT2D eigenvalue weighted by molar-refractivity contribution is 5.69. The normalized spacial score (nSPS) is 11.1. The molecule has 3 rings (SSSR count). The molecule has 0 aliphatic heterocycles. The molecule has 3 aromatic rings. The van der Waals surface area contributed by atoms with Crippen LogP contribution in [0.15, 0.2) is 40.9 Å². The van der Waals surface area contributed by atoms with Gasteiger partial charge in [0.05, 0.1) is 12.7 Å². The van der Waals surface area contributed by atoms with Crippen molar-refractivity contribution in [1.29, 1.82) is 0 Å². The zero-order valence-electron chi connectivity index (χ0n) is 19.6. The van der Waals surface area contributed by atoms with Gasteiger partial charge in [0, 0.05) is 17.5 Å². The second kappa shape index (κ2) is 10.9. The van der Waals surface area contributed by atoms with Gasteiger partial charge in [-0.3, -0.25) is 4.79 Å². The predicted octanol–water partition coefficient (Wildman–Crippen LogP) is 5.95. The number of hydrogen-bond acceptors (Lipinski definition) is 6. The third-order valence-electron chi connectivity index (χ3n) is 5.21. The van der Waals surface area contributed by atoms with Crippen molar-refractivity contribution >= 4 is 5.97 Å². The summed E-state index contributed by atoms with van der Waals surface area (Å²) < 4.78 is 16.4. The number of rotatable bonds is 10. The zero-order valence-corrected chi connectivity index (χ0v) is 19.6. The van der Waals surface area contributed by atoms with Gasteiger partial charge in [0.15, 0.2) is 0 Å². The lowest BCUT2D eigenvalue weighted by molar-refractivity contribution is -0.143. The highest BCUT2D eigenvalue weighted by Gasteiger charge is 2.16. The van der Waals surface area contributed by atoms with E-state index in [1.807, 2.05) is 58.0 Å². The van der Waals surface area contributed by atoms with Crippen molar-refractivity contribution in [3.63, 3.8) is 0 Å². The number of carbonyl (C=O) groups is 1. The Morgan fingerprint density at radius 2 is 1.97 bits per heavy atom. The molecule has 0 fully saturated rings. The van der Waals surface area contributed by atoms with E-state index in [0.717, 1.165) is 41.7 Å². The van der Waals surface area contributed by atoms with Gasteiger partial charge in [-0.15, -0.1) is 0 Å². The Kier molecular flexibility index (Phi) is 8.03.